The highest BCUT2D eigenvalue weighted by atomic mass is 35.5. The van der Waals surface area contributed by atoms with Crippen LogP contribution in [0.2, 0.25) is 5.02 Å². The Hall–Kier alpha value is -1.63. The number of hydrogen-bond donors (Lipinski definition) is 0. The Morgan fingerprint density at radius 3 is 2.76 bits per heavy atom. The van der Waals surface area contributed by atoms with E-state index in [1.807, 2.05) is 0 Å². The van der Waals surface area contributed by atoms with Crippen LogP contribution in [-0.2, 0) is 12.0 Å². The van der Waals surface area contributed by atoms with Crippen LogP contribution in [0.1, 0.15) is 55.3 Å². The minimum absolute atomic E-state index is 0.00452. The van der Waals surface area contributed by atoms with Gasteiger partial charge in [-0.2, -0.15) is 4.99 Å². The number of likely N-dealkylation sites (N-methyl/N-ethyl adjacent to an activating group) is 1. The van der Waals surface area contributed by atoms with Crippen molar-refractivity contribution in [1.82, 2.24) is 9.47 Å². The predicted molar refractivity (Wildman–Crippen MR) is 119 cm³/mol. The molecule has 0 saturated carbocycles. The van der Waals surface area contributed by atoms with E-state index in [9.17, 15) is 4.79 Å². The summed E-state index contributed by atoms with van der Waals surface area (Å²) < 4.78 is 7.48. The summed E-state index contributed by atoms with van der Waals surface area (Å²) >= 11 is 7.68. The second kappa shape index (κ2) is 9.02. The lowest BCUT2D eigenvalue weighted by molar-refractivity contribution is 0.0994. The largest absolute Gasteiger partial charge is 0.496 e. The number of aromatic nitrogens is 1. The SMILES string of the molecule is COc1ccc(Cl)cc1C(=O)/N=c1\sc(C(C)(C)C)cn1C[C@@H]1CCCCN1C. The van der Waals surface area contributed by atoms with E-state index in [1.165, 1.54) is 24.1 Å². The van der Waals surface area contributed by atoms with E-state index in [4.69, 9.17) is 16.3 Å². The molecular weight excluding hydrogens is 406 g/mol. The van der Waals surface area contributed by atoms with E-state index >= 15 is 0 Å². The van der Waals surface area contributed by atoms with E-state index in [-0.39, 0.29) is 11.3 Å². The maximum absolute atomic E-state index is 13.0. The van der Waals surface area contributed by atoms with Crippen molar-refractivity contribution in [3.8, 4) is 5.75 Å². The molecule has 5 nitrogen and oxygen atoms in total. The maximum Gasteiger partial charge on any atom is 0.283 e. The summed E-state index contributed by atoms with van der Waals surface area (Å²) in [5.74, 6) is 0.145. The maximum atomic E-state index is 13.0. The third kappa shape index (κ3) is 5.30. The number of amides is 1. The summed E-state index contributed by atoms with van der Waals surface area (Å²) in [5.41, 5.74) is 0.377. The summed E-state index contributed by atoms with van der Waals surface area (Å²) in [6, 6.07) is 5.48. The number of carbonyl (C=O) groups is 1. The number of hydrogen-bond acceptors (Lipinski definition) is 4. The van der Waals surface area contributed by atoms with E-state index in [2.05, 4.69) is 48.5 Å². The molecule has 0 bridgehead atoms. The van der Waals surface area contributed by atoms with Crippen molar-refractivity contribution in [3.05, 3.63) is 44.7 Å². The van der Waals surface area contributed by atoms with E-state index in [0.29, 0.717) is 22.4 Å². The Labute approximate surface area is 182 Å². The zero-order valence-corrected chi connectivity index (χ0v) is 19.4. The number of piperidine rings is 1. The first-order chi connectivity index (χ1) is 13.7. The van der Waals surface area contributed by atoms with Crippen LogP contribution in [0.25, 0.3) is 0 Å². The fraction of sp³-hybridized carbons (Fsp3) is 0.545. The van der Waals surface area contributed by atoms with Crippen LogP contribution in [0.3, 0.4) is 0 Å². The number of methoxy groups -OCH3 is 1. The Morgan fingerprint density at radius 1 is 1.34 bits per heavy atom. The molecule has 1 aliphatic rings. The van der Waals surface area contributed by atoms with Crippen molar-refractivity contribution >= 4 is 28.8 Å². The zero-order valence-electron chi connectivity index (χ0n) is 17.9. The molecule has 1 aromatic carbocycles. The molecule has 1 aromatic heterocycles. The van der Waals surface area contributed by atoms with Crippen LogP contribution in [-0.4, -0.2) is 42.1 Å². The molecule has 1 amide bonds. The molecule has 0 unspecified atom stereocenters. The molecule has 29 heavy (non-hydrogen) atoms. The molecule has 0 spiro atoms. The van der Waals surface area contributed by atoms with Gasteiger partial charge in [0.25, 0.3) is 5.91 Å². The average molecular weight is 436 g/mol. The topological polar surface area (TPSA) is 46.8 Å². The second-order valence-electron chi connectivity index (χ2n) is 8.67. The zero-order chi connectivity index (χ0) is 21.2. The molecule has 0 N–H and O–H groups in total. The Kier molecular flexibility index (Phi) is 6.87. The normalized spacial score (nSPS) is 18.8. The van der Waals surface area contributed by atoms with E-state index in [1.54, 1.807) is 36.6 Å². The molecule has 2 heterocycles. The minimum Gasteiger partial charge on any atom is -0.496 e. The fourth-order valence-corrected chi connectivity index (χ4v) is 4.77. The number of thiazole rings is 1. The fourth-order valence-electron chi connectivity index (χ4n) is 3.54. The Balaban J connectivity index is 2.01. The number of carbonyl (C=O) groups excluding carboxylic acids is 1. The molecule has 158 valence electrons. The Bertz CT molecular complexity index is 942. The third-order valence-corrected chi connectivity index (χ3v) is 7.06. The summed E-state index contributed by atoms with van der Waals surface area (Å²) in [4.78, 5) is 21.8. The van der Waals surface area contributed by atoms with E-state index in [0.717, 1.165) is 17.9 Å². The van der Waals surface area contributed by atoms with Gasteiger partial charge in [0.2, 0.25) is 0 Å². The van der Waals surface area contributed by atoms with Crippen molar-refractivity contribution in [2.24, 2.45) is 4.99 Å². The van der Waals surface area contributed by atoms with Gasteiger partial charge >= 0.3 is 0 Å². The average Bonchev–Trinajstić information content (AvgIpc) is 3.06. The number of likely N-dealkylation sites (tertiary alicyclic amines) is 1. The molecule has 7 heteroatoms. The number of ether oxygens (including phenoxy) is 1. The number of halogens is 1. The second-order valence-corrected chi connectivity index (χ2v) is 10.1. The van der Waals surface area contributed by atoms with Crippen molar-refractivity contribution < 1.29 is 9.53 Å². The van der Waals surface area contributed by atoms with Gasteiger partial charge in [0.1, 0.15) is 5.75 Å². The highest BCUT2D eigenvalue weighted by molar-refractivity contribution is 7.09. The smallest absolute Gasteiger partial charge is 0.283 e. The van der Waals surface area contributed by atoms with Gasteiger partial charge in [-0.1, -0.05) is 38.8 Å². The molecule has 1 atom stereocenters. The molecule has 0 aliphatic carbocycles. The van der Waals surface area contributed by atoms with Crippen molar-refractivity contribution in [3.63, 3.8) is 0 Å². The first-order valence-corrected chi connectivity index (χ1v) is 11.2. The summed E-state index contributed by atoms with van der Waals surface area (Å²) in [6.07, 6.45) is 5.82. The van der Waals surface area contributed by atoms with Crippen LogP contribution < -0.4 is 9.54 Å². The molecule has 2 aromatic rings. The van der Waals surface area contributed by atoms with E-state index < -0.39 is 0 Å². The summed E-state index contributed by atoms with van der Waals surface area (Å²) in [7, 11) is 3.72. The van der Waals surface area contributed by atoms with Crippen LogP contribution in [0.5, 0.6) is 5.75 Å². The molecule has 1 aliphatic heterocycles. The summed E-state index contributed by atoms with van der Waals surface area (Å²) in [5, 5.41) is 0.489. The highest BCUT2D eigenvalue weighted by Crippen LogP contribution is 2.26. The molecule has 1 saturated heterocycles. The van der Waals surface area contributed by atoms with Crippen molar-refractivity contribution in [2.75, 3.05) is 20.7 Å². The van der Waals surface area contributed by atoms with Gasteiger partial charge in [-0.3, -0.25) is 4.79 Å². The van der Waals surface area contributed by atoms with Crippen LogP contribution in [0.4, 0.5) is 0 Å². The van der Waals surface area contributed by atoms with Gasteiger partial charge < -0.3 is 14.2 Å². The first-order valence-electron chi connectivity index (χ1n) is 10.0. The van der Waals surface area contributed by atoms with Gasteiger partial charge in [0, 0.05) is 28.7 Å². The molecule has 3 rings (SSSR count). The highest BCUT2D eigenvalue weighted by Gasteiger charge is 2.23. The number of nitrogens with zero attached hydrogens (tertiary/aromatic N) is 3. The lowest BCUT2D eigenvalue weighted by Crippen LogP contribution is -2.40. The monoisotopic (exact) mass is 435 g/mol. The predicted octanol–water partition coefficient (Wildman–Crippen LogP) is 4.73. The molecule has 0 radical (unpaired) electrons. The van der Waals surface area contributed by atoms with Crippen LogP contribution in [0.15, 0.2) is 29.4 Å². The van der Waals surface area contributed by atoms with Gasteiger partial charge in [-0.25, -0.2) is 0 Å². The number of rotatable bonds is 4. The van der Waals surface area contributed by atoms with Crippen molar-refractivity contribution in [1.29, 1.82) is 0 Å². The molecular formula is C22H30ClN3O2S. The molecule has 1 fully saturated rings. The lowest BCUT2D eigenvalue weighted by atomic mass is 9.95. The minimum atomic E-state index is -0.336. The third-order valence-electron chi connectivity index (χ3n) is 5.38. The van der Waals surface area contributed by atoms with Crippen LogP contribution >= 0.6 is 22.9 Å². The quantitative estimate of drug-likeness (QED) is 0.697. The first kappa shape index (κ1) is 22.1. The van der Waals surface area contributed by atoms with Crippen LogP contribution in [0, 0.1) is 0 Å². The van der Waals surface area contributed by atoms with Gasteiger partial charge in [-0.05, 0) is 50.0 Å². The summed E-state index contributed by atoms with van der Waals surface area (Å²) in [6.45, 7) is 8.50. The number of benzene rings is 1. The lowest BCUT2D eigenvalue weighted by Gasteiger charge is -2.32. The Morgan fingerprint density at radius 2 is 2.10 bits per heavy atom. The van der Waals surface area contributed by atoms with Gasteiger partial charge in [0.05, 0.1) is 12.7 Å². The standard InChI is InChI=1S/C22H30ClN3O2S/c1-22(2,3)19-14-26(13-16-8-6-7-11-25(16)4)21(29-19)24-20(27)17-12-15(23)9-10-18(17)28-5/h9-10,12,14,16H,6-8,11,13H2,1-5H3/b24-21-/t16-/m0/s1. The van der Waals surface area contributed by atoms with Crippen molar-refractivity contribution in [2.45, 2.75) is 58.0 Å². The van der Waals surface area contributed by atoms with Gasteiger partial charge in [-0.15, -0.1) is 11.3 Å². The van der Waals surface area contributed by atoms with Gasteiger partial charge in [0.15, 0.2) is 4.80 Å².